The van der Waals surface area contributed by atoms with E-state index in [0.29, 0.717) is 0 Å². The van der Waals surface area contributed by atoms with E-state index in [4.69, 9.17) is 9.97 Å². The maximum atomic E-state index is 9.75. The molecule has 10 heteroatoms. The van der Waals surface area contributed by atoms with Gasteiger partial charge in [-0.1, -0.05) is 22.7 Å². The molecule has 2 fully saturated rings. The number of aromatic nitrogens is 2. The van der Waals surface area contributed by atoms with Crippen molar-refractivity contribution in [1.29, 1.82) is 0 Å². The lowest BCUT2D eigenvalue weighted by molar-refractivity contribution is 0.145. The van der Waals surface area contributed by atoms with E-state index in [1.165, 1.54) is 19.8 Å². The van der Waals surface area contributed by atoms with Gasteiger partial charge in [0, 0.05) is 26.2 Å². The van der Waals surface area contributed by atoms with Crippen molar-refractivity contribution in [3.63, 3.8) is 0 Å². The molecule has 0 amide bonds. The van der Waals surface area contributed by atoms with Crippen LogP contribution in [0.5, 0.6) is 0 Å². The first-order valence-corrected chi connectivity index (χ1v) is 14.2. The van der Waals surface area contributed by atoms with Crippen molar-refractivity contribution in [2.45, 2.75) is 37.9 Å². The van der Waals surface area contributed by atoms with Crippen LogP contribution < -0.4 is 9.80 Å². The highest BCUT2D eigenvalue weighted by molar-refractivity contribution is 7.32. The van der Waals surface area contributed by atoms with E-state index in [1.807, 2.05) is 0 Å². The molecule has 0 aromatic carbocycles. The van der Waals surface area contributed by atoms with Gasteiger partial charge in [-0.3, -0.25) is 0 Å². The first-order valence-electron chi connectivity index (χ1n) is 11.0. The minimum absolute atomic E-state index is 0.149. The predicted molar refractivity (Wildman–Crippen MR) is 137 cm³/mol. The minimum Gasteiger partial charge on any atom is -0.393 e. The molecule has 0 spiro atoms. The minimum atomic E-state index is -0.149. The first kappa shape index (κ1) is 21.0. The van der Waals surface area contributed by atoms with Crippen molar-refractivity contribution in [1.82, 2.24) is 9.97 Å². The summed E-state index contributed by atoms with van der Waals surface area (Å²) in [7, 11) is 0. The third kappa shape index (κ3) is 4.08. The second-order valence-corrected chi connectivity index (χ2v) is 12.4. The van der Waals surface area contributed by atoms with E-state index >= 15 is 0 Å². The highest BCUT2D eigenvalue weighted by Crippen LogP contribution is 2.43. The molecule has 168 valence electrons. The van der Waals surface area contributed by atoms with Gasteiger partial charge >= 0.3 is 0 Å². The molecule has 2 aliphatic heterocycles. The van der Waals surface area contributed by atoms with E-state index < -0.39 is 0 Å². The topological polar surface area (TPSA) is 72.7 Å². The number of fused-ring (bicyclic) bond motifs is 1. The molecule has 0 aliphatic carbocycles. The van der Waals surface area contributed by atoms with Gasteiger partial charge in [0.15, 0.2) is 9.66 Å². The standard InChI is InChI=1S/C22H24N4O2S4/c27-13-5-9-25(10-6-13)17-3-1-15(29-17)19-23-21-22(31-19)24-20(32-21)16-2-4-18(30-16)26-11-7-14(28)8-12-26/h1-4,13-14,27-28H,5-12H2. The Morgan fingerprint density at radius 1 is 0.625 bits per heavy atom. The summed E-state index contributed by atoms with van der Waals surface area (Å²) >= 11 is 6.90. The molecule has 4 aromatic heterocycles. The largest absolute Gasteiger partial charge is 0.393 e. The number of aliphatic hydroxyl groups excluding tert-OH is 2. The molecule has 4 aromatic rings. The van der Waals surface area contributed by atoms with Crippen LogP contribution in [-0.2, 0) is 0 Å². The van der Waals surface area contributed by atoms with Crippen LogP contribution >= 0.6 is 45.3 Å². The van der Waals surface area contributed by atoms with Crippen LogP contribution in [0.1, 0.15) is 25.7 Å². The maximum Gasteiger partial charge on any atom is 0.155 e. The third-order valence-corrected chi connectivity index (χ3v) is 10.8. The van der Waals surface area contributed by atoms with Gasteiger partial charge in [-0.25, -0.2) is 9.97 Å². The average Bonchev–Trinajstić information content (AvgIpc) is 3.56. The molecule has 2 saturated heterocycles. The second-order valence-electron chi connectivity index (χ2n) is 8.36. The summed E-state index contributed by atoms with van der Waals surface area (Å²) in [6.07, 6.45) is 3.08. The van der Waals surface area contributed by atoms with Crippen molar-refractivity contribution in [2.75, 3.05) is 36.0 Å². The lowest BCUT2D eigenvalue weighted by Gasteiger charge is -2.30. The zero-order valence-corrected chi connectivity index (χ0v) is 20.7. The summed E-state index contributed by atoms with van der Waals surface area (Å²) in [5.41, 5.74) is 0. The van der Waals surface area contributed by atoms with Crippen molar-refractivity contribution < 1.29 is 10.2 Å². The van der Waals surface area contributed by atoms with E-state index in [9.17, 15) is 10.2 Å². The van der Waals surface area contributed by atoms with Gasteiger partial charge in [0.25, 0.3) is 0 Å². The number of aliphatic hydroxyl groups is 2. The number of hydrogen-bond acceptors (Lipinski definition) is 10. The zero-order valence-electron chi connectivity index (χ0n) is 17.4. The number of thiazole rings is 2. The van der Waals surface area contributed by atoms with E-state index in [1.54, 1.807) is 45.3 Å². The fourth-order valence-electron chi connectivity index (χ4n) is 4.25. The van der Waals surface area contributed by atoms with Gasteiger partial charge in [-0.05, 0) is 49.9 Å². The Kier molecular flexibility index (Phi) is 5.68. The summed E-state index contributed by atoms with van der Waals surface area (Å²) in [6.45, 7) is 3.67. The Morgan fingerprint density at radius 3 is 1.44 bits per heavy atom. The number of rotatable bonds is 4. The van der Waals surface area contributed by atoms with Gasteiger partial charge in [-0.2, -0.15) is 0 Å². The number of anilines is 2. The van der Waals surface area contributed by atoms with Crippen LogP contribution in [0.15, 0.2) is 24.3 Å². The molecule has 6 heterocycles. The Balaban J connectivity index is 1.19. The lowest BCUT2D eigenvalue weighted by atomic mass is 10.1. The lowest BCUT2D eigenvalue weighted by Crippen LogP contribution is -2.35. The monoisotopic (exact) mass is 504 g/mol. The van der Waals surface area contributed by atoms with Crippen LogP contribution in [0.2, 0.25) is 0 Å². The molecule has 0 atom stereocenters. The Labute approximate surface area is 202 Å². The first-order chi connectivity index (χ1) is 15.6. The van der Waals surface area contributed by atoms with Crippen molar-refractivity contribution in [3.8, 4) is 19.8 Å². The molecule has 6 nitrogen and oxygen atoms in total. The summed E-state index contributed by atoms with van der Waals surface area (Å²) < 4.78 is 0. The Morgan fingerprint density at radius 2 is 1.03 bits per heavy atom. The Hall–Kier alpha value is -1.56. The second kappa shape index (κ2) is 8.66. The molecule has 32 heavy (non-hydrogen) atoms. The number of thiophene rings is 2. The smallest absolute Gasteiger partial charge is 0.155 e. The fraction of sp³-hybridized carbons (Fsp3) is 0.455. The number of hydrogen-bond donors (Lipinski definition) is 2. The van der Waals surface area contributed by atoms with Gasteiger partial charge in [0.05, 0.1) is 32.0 Å². The fourth-order valence-corrected chi connectivity index (χ4v) is 8.52. The molecular formula is C22H24N4O2S4. The summed E-state index contributed by atoms with van der Waals surface area (Å²) in [4.78, 5) is 18.9. The molecule has 0 saturated carbocycles. The third-order valence-electron chi connectivity index (χ3n) is 6.13. The number of nitrogens with zero attached hydrogens (tertiary/aromatic N) is 4. The number of piperidine rings is 2. The molecule has 6 rings (SSSR count). The van der Waals surface area contributed by atoms with Gasteiger partial charge in [0.2, 0.25) is 0 Å². The van der Waals surface area contributed by atoms with Gasteiger partial charge < -0.3 is 20.0 Å². The Bertz CT molecular complexity index is 1090. The zero-order chi connectivity index (χ0) is 21.7. The van der Waals surface area contributed by atoms with Crippen molar-refractivity contribution in [2.24, 2.45) is 0 Å². The molecule has 0 bridgehead atoms. The van der Waals surface area contributed by atoms with Gasteiger partial charge in [0.1, 0.15) is 10.0 Å². The van der Waals surface area contributed by atoms with Gasteiger partial charge in [-0.15, -0.1) is 22.7 Å². The summed E-state index contributed by atoms with van der Waals surface area (Å²) in [6, 6.07) is 8.68. The molecule has 0 radical (unpaired) electrons. The average molecular weight is 505 g/mol. The highest BCUT2D eigenvalue weighted by atomic mass is 32.1. The van der Waals surface area contributed by atoms with Crippen LogP contribution in [0.3, 0.4) is 0 Å². The van der Waals surface area contributed by atoms with E-state index in [0.717, 1.165) is 71.5 Å². The summed E-state index contributed by atoms with van der Waals surface area (Å²) in [5, 5.41) is 24.1. The SMILES string of the molecule is OC1CCN(c2ccc(-c3nc4sc(-c5ccc(N6CCC(O)CC6)s5)nc4s3)s2)CC1. The van der Waals surface area contributed by atoms with Crippen LogP contribution in [0, 0.1) is 0 Å². The van der Waals surface area contributed by atoms with Crippen LogP contribution in [-0.4, -0.2) is 58.6 Å². The van der Waals surface area contributed by atoms with E-state index in [-0.39, 0.29) is 12.2 Å². The summed E-state index contributed by atoms with van der Waals surface area (Å²) in [5.74, 6) is 0. The van der Waals surface area contributed by atoms with E-state index in [2.05, 4.69) is 34.1 Å². The normalized spacial score (nSPS) is 18.8. The quantitative estimate of drug-likeness (QED) is 0.401. The van der Waals surface area contributed by atoms with Crippen LogP contribution in [0.4, 0.5) is 10.0 Å². The predicted octanol–water partition coefficient (Wildman–Crippen LogP) is 5.13. The molecule has 2 N–H and O–H groups in total. The molecule has 2 aliphatic rings. The molecular weight excluding hydrogens is 481 g/mol. The highest BCUT2D eigenvalue weighted by Gasteiger charge is 2.22. The van der Waals surface area contributed by atoms with Crippen molar-refractivity contribution >= 4 is 65.0 Å². The van der Waals surface area contributed by atoms with Crippen molar-refractivity contribution in [3.05, 3.63) is 24.3 Å². The molecule has 0 unspecified atom stereocenters. The maximum absolute atomic E-state index is 9.75. The van der Waals surface area contributed by atoms with Crippen LogP contribution in [0.25, 0.3) is 29.4 Å².